The van der Waals surface area contributed by atoms with Gasteiger partial charge in [-0.25, -0.2) is 64.0 Å². The third-order valence-electron chi connectivity index (χ3n) is 8.38. The molecular formula is C39H32F14N2O14S5. The van der Waals surface area contributed by atoms with E-state index in [0.717, 1.165) is 54.5 Å². The number of sulfone groups is 5. The molecule has 5 rings (SSSR count). The van der Waals surface area contributed by atoms with Crippen molar-refractivity contribution >= 4 is 60.6 Å². The third-order valence-corrected chi connectivity index (χ3v) is 14.1. The van der Waals surface area contributed by atoms with Gasteiger partial charge in [0.1, 0.15) is 9.79 Å². The minimum atomic E-state index is -5.05. The molecule has 0 aliphatic heterocycles. The monoisotopic (exact) mass is 1180 g/mol. The van der Waals surface area contributed by atoms with E-state index in [1.165, 1.54) is 6.26 Å². The second kappa shape index (κ2) is 23.9. The van der Waals surface area contributed by atoms with Crippen molar-refractivity contribution in [1.29, 1.82) is 0 Å². The van der Waals surface area contributed by atoms with Crippen LogP contribution in [0.25, 0.3) is 0 Å². The van der Waals surface area contributed by atoms with Crippen molar-refractivity contribution < 1.29 is 113 Å². The van der Waals surface area contributed by atoms with E-state index in [2.05, 4.69) is 0 Å². The summed E-state index contributed by atoms with van der Waals surface area (Å²) >= 11 is 0. The summed E-state index contributed by atoms with van der Waals surface area (Å²) < 4.78 is 283. The fraction of sp³-hybridized carbons (Fsp3) is 0.231. The summed E-state index contributed by atoms with van der Waals surface area (Å²) in [6.07, 6.45) is -10.7. The zero-order valence-corrected chi connectivity index (χ0v) is 41.6. The average molecular weight is 1180 g/mol. The third kappa shape index (κ3) is 19.2. The van der Waals surface area contributed by atoms with Crippen molar-refractivity contribution in [3.8, 4) is 0 Å². The van der Waals surface area contributed by atoms with Crippen LogP contribution in [-0.2, 0) is 67.7 Å². The predicted octanol–water partition coefficient (Wildman–Crippen LogP) is 9.33. The van der Waals surface area contributed by atoms with Gasteiger partial charge in [0.05, 0.1) is 47.3 Å². The first-order valence-electron chi connectivity index (χ1n) is 18.4. The second-order valence-corrected chi connectivity index (χ2v) is 24.4. The Morgan fingerprint density at radius 3 is 1.08 bits per heavy atom. The number of non-ortho nitro benzene ring substituents is 1. The smallest absolute Gasteiger partial charge is 0.258 e. The number of nitro benzene ring substituents is 2. The molecule has 35 heteroatoms. The van der Waals surface area contributed by atoms with E-state index in [9.17, 15) is 124 Å². The molecule has 0 N–H and O–H groups in total. The second-order valence-electron chi connectivity index (χ2n) is 14.5. The summed E-state index contributed by atoms with van der Waals surface area (Å²) in [5.74, 6) is -11.7. The van der Waals surface area contributed by atoms with Gasteiger partial charge >= 0.3 is 18.5 Å². The van der Waals surface area contributed by atoms with E-state index in [0.29, 0.717) is 23.5 Å². The van der Waals surface area contributed by atoms with Gasteiger partial charge in [0.15, 0.2) is 72.5 Å². The summed E-state index contributed by atoms with van der Waals surface area (Å²) in [6.45, 7) is 1.79. The Morgan fingerprint density at radius 2 is 0.784 bits per heavy atom. The molecule has 410 valence electrons. The molecule has 0 unspecified atom stereocenters. The first-order valence-corrected chi connectivity index (χ1v) is 27.9. The zero-order valence-electron chi connectivity index (χ0n) is 37.5. The molecule has 0 fully saturated rings. The lowest BCUT2D eigenvalue weighted by Crippen LogP contribution is -2.13. The summed E-state index contributed by atoms with van der Waals surface area (Å²) in [4.78, 5) is 16.0. The van der Waals surface area contributed by atoms with Crippen LogP contribution in [0, 0.1) is 56.2 Å². The highest BCUT2D eigenvalue weighted by molar-refractivity contribution is 7.91. The Balaban J connectivity index is 0.000000466. The highest BCUT2D eigenvalue weighted by Gasteiger charge is 2.38. The molecule has 0 amide bonds. The van der Waals surface area contributed by atoms with Gasteiger partial charge in [0, 0.05) is 37.3 Å². The van der Waals surface area contributed by atoms with Crippen molar-refractivity contribution in [2.45, 2.75) is 49.9 Å². The normalized spacial score (nSPS) is 12.3. The number of rotatable bonds is 7. The summed E-state index contributed by atoms with van der Waals surface area (Å²) in [7, 11) is -18.9. The maximum absolute atomic E-state index is 12.8. The van der Waals surface area contributed by atoms with Gasteiger partial charge in [-0.1, -0.05) is 18.2 Å². The Labute approximate surface area is 410 Å². The molecule has 5 aromatic carbocycles. The largest absolute Gasteiger partial charge is 0.416 e. The van der Waals surface area contributed by atoms with Crippen molar-refractivity contribution in [2.75, 3.05) is 31.3 Å². The molecule has 0 saturated carbocycles. The standard InChI is InChI=1S/C9H6F6O2S.C8H7F3O2S.C8H10O2S.C7H3F5O2S.C7H6N2O6S/c1-18(16,17)7-3-5(8(10,11)12)2-6(4-7)9(13,14)15;1-14(12,13)7-4-2-6(3-5-7)8(9,10)11;1-7-5-3-4-6-8(7)11(2,9)10;1-15(13,14)7-5(11)3(9)2(8)4(10)6(7)12;1-16(14,15)7-3-2-5(8(10)11)4-6(7)9(12)13/h2-4H,1H3;2-5H,1H3;3-6H,1-2H3;1H3;2-4H,1H3. The minimum Gasteiger partial charge on any atom is -0.258 e. The first kappa shape index (κ1) is 65.7. The number of hydrogen-bond donors (Lipinski definition) is 0. The highest BCUT2D eigenvalue weighted by Crippen LogP contribution is 2.37. The van der Waals surface area contributed by atoms with Crippen LogP contribution >= 0.6 is 0 Å². The number of hydrogen-bond acceptors (Lipinski definition) is 14. The number of aryl methyl sites for hydroxylation is 1. The van der Waals surface area contributed by atoms with Gasteiger partial charge in [0.25, 0.3) is 11.4 Å². The predicted molar refractivity (Wildman–Crippen MR) is 231 cm³/mol. The average Bonchev–Trinajstić information content (AvgIpc) is 3.23. The van der Waals surface area contributed by atoms with Crippen LogP contribution in [0.5, 0.6) is 0 Å². The molecule has 0 heterocycles. The van der Waals surface area contributed by atoms with E-state index in [1.54, 1.807) is 25.1 Å². The lowest BCUT2D eigenvalue weighted by Gasteiger charge is -2.13. The molecule has 0 aromatic heterocycles. The maximum Gasteiger partial charge on any atom is 0.416 e. The van der Waals surface area contributed by atoms with Gasteiger partial charge in [-0.3, -0.25) is 20.2 Å². The number of halogens is 14. The van der Waals surface area contributed by atoms with Crippen molar-refractivity contribution in [2.24, 2.45) is 0 Å². The number of nitro groups is 2. The van der Waals surface area contributed by atoms with Crippen molar-refractivity contribution in [1.82, 2.24) is 0 Å². The van der Waals surface area contributed by atoms with Crippen molar-refractivity contribution in [3.05, 3.63) is 156 Å². The molecule has 0 aliphatic carbocycles. The topological polar surface area (TPSA) is 257 Å². The van der Waals surface area contributed by atoms with E-state index in [-0.39, 0.29) is 23.1 Å². The van der Waals surface area contributed by atoms with Crippen LogP contribution < -0.4 is 0 Å². The molecule has 74 heavy (non-hydrogen) atoms. The fourth-order valence-electron chi connectivity index (χ4n) is 4.99. The number of benzene rings is 5. The van der Waals surface area contributed by atoms with E-state index in [4.69, 9.17) is 0 Å². The van der Waals surface area contributed by atoms with Crippen LogP contribution in [0.1, 0.15) is 22.3 Å². The lowest BCUT2D eigenvalue weighted by atomic mass is 10.1. The minimum absolute atomic E-state index is 0.120. The van der Waals surface area contributed by atoms with Crippen LogP contribution in [0.4, 0.5) is 72.8 Å². The summed E-state index contributed by atoms with van der Waals surface area (Å²) in [5, 5.41) is 20.9. The molecule has 16 nitrogen and oxygen atoms in total. The quantitative estimate of drug-likeness (QED) is 0.0367. The molecule has 0 spiro atoms. The SMILES string of the molecule is CS(=O)(=O)c1c(F)c(F)c(F)c(F)c1F.CS(=O)(=O)c1cc(C(F)(F)F)cc(C(F)(F)F)c1.CS(=O)(=O)c1ccc(C(F)(F)F)cc1.CS(=O)(=O)c1ccc([N+](=O)[O-])cc1[N+](=O)[O-].Cc1ccccc1S(C)(=O)=O. The molecular weight excluding hydrogens is 1150 g/mol. The van der Waals surface area contributed by atoms with Crippen LogP contribution in [0.15, 0.2) is 109 Å². The fourth-order valence-corrected chi connectivity index (χ4v) is 8.94. The van der Waals surface area contributed by atoms with E-state index >= 15 is 0 Å². The van der Waals surface area contributed by atoms with E-state index in [1.807, 2.05) is 6.07 Å². The van der Waals surface area contributed by atoms with Crippen LogP contribution in [0.2, 0.25) is 0 Å². The Kier molecular flexibility index (Phi) is 21.2. The van der Waals surface area contributed by atoms with E-state index < -0.39 is 149 Å². The number of alkyl halides is 9. The molecule has 0 radical (unpaired) electrons. The molecule has 0 saturated heterocycles. The summed E-state index contributed by atoms with van der Waals surface area (Å²) in [6, 6.07) is 12.9. The Bertz CT molecular complexity index is 3440. The Hall–Kier alpha value is -6.33. The highest BCUT2D eigenvalue weighted by atomic mass is 32.2. The van der Waals surface area contributed by atoms with Crippen LogP contribution in [-0.4, -0.2) is 83.2 Å². The van der Waals surface area contributed by atoms with Crippen LogP contribution in [0.3, 0.4) is 0 Å². The molecule has 0 bridgehead atoms. The number of nitrogens with zero attached hydrogens (tertiary/aromatic N) is 2. The maximum atomic E-state index is 12.8. The lowest BCUT2D eigenvalue weighted by molar-refractivity contribution is -0.396. The van der Waals surface area contributed by atoms with Gasteiger partial charge in [-0.15, -0.1) is 0 Å². The summed E-state index contributed by atoms with van der Waals surface area (Å²) in [5.41, 5.74) is -4.69. The molecule has 0 aliphatic rings. The van der Waals surface area contributed by atoms with Gasteiger partial charge in [0.2, 0.25) is 5.82 Å². The van der Waals surface area contributed by atoms with Gasteiger partial charge < -0.3 is 0 Å². The molecule has 0 atom stereocenters. The van der Waals surface area contributed by atoms with Gasteiger partial charge in [-0.05, 0) is 67.1 Å². The zero-order chi connectivity index (χ0) is 58.3. The van der Waals surface area contributed by atoms with Crippen molar-refractivity contribution in [3.63, 3.8) is 0 Å². The molecule has 5 aromatic rings. The Morgan fingerprint density at radius 1 is 0.405 bits per heavy atom. The first-order chi connectivity index (χ1) is 32.9. The van der Waals surface area contributed by atoms with Gasteiger partial charge in [-0.2, -0.15) is 39.5 Å².